The molecule has 0 fully saturated rings. The topological polar surface area (TPSA) is 36.1 Å². The molecule has 0 radical (unpaired) electrons. The average Bonchev–Trinajstić information content (AvgIpc) is 2.72. The van der Waals surface area contributed by atoms with E-state index < -0.39 is 0 Å². The van der Waals surface area contributed by atoms with Crippen LogP contribution in [0.3, 0.4) is 0 Å². The van der Waals surface area contributed by atoms with Crippen LogP contribution in [0.1, 0.15) is 5.56 Å². The Labute approximate surface area is 99.0 Å². The van der Waals surface area contributed by atoms with E-state index in [4.69, 9.17) is 11.6 Å². The molecule has 16 heavy (non-hydrogen) atoms. The third-order valence-corrected chi connectivity index (χ3v) is 2.85. The third kappa shape index (κ3) is 2.04. The van der Waals surface area contributed by atoms with E-state index in [-0.39, 0.29) is 11.8 Å². The summed E-state index contributed by atoms with van der Waals surface area (Å²) in [6, 6.07) is 8.03. The van der Waals surface area contributed by atoms with Gasteiger partial charge in [0.1, 0.15) is 5.88 Å². The zero-order valence-corrected chi connectivity index (χ0v) is 9.79. The Morgan fingerprint density at radius 1 is 1.44 bits per heavy atom. The van der Waals surface area contributed by atoms with Gasteiger partial charge in [-0.15, -0.1) is 11.6 Å². The molecule has 1 heterocycles. The Balaban J connectivity index is 2.24. The number of carbonyl (C=O) groups excluding carboxylic acids is 1. The summed E-state index contributed by atoms with van der Waals surface area (Å²) in [7, 11) is 1.76. The number of alkyl halides is 1. The second kappa shape index (κ2) is 4.58. The van der Waals surface area contributed by atoms with E-state index >= 15 is 0 Å². The van der Waals surface area contributed by atoms with Gasteiger partial charge < -0.3 is 9.88 Å². The molecule has 2 aromatic rings. The van der Waals surface area contributed by atoms with Gasteiger partial charge in [0.2, 0.25) is 5.91 Å². The predicted molar refractivity (Wildman–Crippen MR) is 65.5 cm³/mol. The van der Waals surface area contributed by atoms with Crippen LogP contribution in [-0.2, 0) is 11.3 Å². The number of para-hydroxylation sites is 1. The first-order valence-electron chi connectivity index (χ1n) is 5.07. The number of nitrogens with zero attached hydrogens (tertiary/aromatic N) is 1. The van der Waals surface area contributed by atoms with E-state index in [1.165, 1.54) is 0 Å². The van der Waals surface area contributed by atoms with E-state index in [2.05, 4.69) is 4.98 Å². The first-order chi connectivity index (χ1) is 7.72. The number of halogens is 1. The van der Waals surface area contributed by atoms with Crippen LogP contribution in [0.25, 0.3) is 10.9 Å². The molecule has 0 bridgehead atoms. The molecule has 0 aliphatic carbocycles. The van der Waals surface area contributed by atoms with E-state index in [1.54, 1.807) is 11.9 Å². The number of H-pyrrole nitrogens is 1. The summed E-state index contributed by atoms with van der Waals surface area (Å²) in [4.78, 5) is 16.2. The second-order valence-corrected chi connectivity index (χ2v) is 4.01. The summed E-state index contributed by atoms with van der Waals surface area (Å²) in [5.74, 6) is -0.0364. The van der Waals surface area contributed by atoms with Crippen LogP contribution in [0.15, 0.2) is 30.5 Å². The number of benzene rings is 1. The molecule has 2 rings (SSSR count). The molecular weight excluding hydrogens is 224 g/mol. The van der Waals surface area contributed by atoms with Crippen molar-refractivity contribution in [2.45, 2.75) is 6.54 Å². The van der Waals surface area contributed by atoms with E-state index in [1.807, 2.05) is 30.5 Å². The molecule has 0 saturated carbocycles. The monoisotopic (exact) mass is 236 g/mol. The average molecular weight is 237 g/mol. The Bertz CT molecular complexity index is 506. The molecule has 1 N–H and O–H groups in total. The standard InChI is InChI=1S/C12H13ClN2O/c1-15(12(16)6-13)8-9-7-14-11-5-3-2-4-10(9)11/h2-5,7,14H,6,8H2,1H3. The number of amides is 1. The molecular formula is C12H13ClN2O. The highest BCUT2D eigenvalue weighted by molar-refractivity contribution is 6.27. The number of aromatic nitrogens is 1. The maximum absolute atomic E-state index is 11.4. The van der Waals surface area contributed by atoms with Crippen LogP contribution >= 0.6 is 11.6 Å². The van der Waals surface area contributed by atoms with Crippen molar-refractivity contribution in [2.75, 3.05) is 12.9 Å². The molecule has 1 amide bonds. The molecule has 1 aromatic heterocycles. The van der Waals surface area contributed by atoms with Gasteiger partial charge >= 0.3 is 0 Å². The smallest absolute Gasteiger partial charge is 0.237 e. The summed E-state index contributed by atoms with van der Waals surface area (Å²) in [6.45, 7) is 0.579. The number of aromatic amines is 1. The lowest BCUT2D eigenvalue weighted by molar-refractivity contribution is -0.127. The second-order valence-electron chi connectivity index (χ2n) is 3.74. The lowest BCUT2D eigenvalue weighted by atomic mass is 10.1. The molecule has 0 atom stereocenters. The normalized spacial score (nSPS) is 10.6. The van der Waals surface area contributed by atoms with Gasteiger partial charge in [0.05, 0.1) is 0 Å². The number of fused-ring (bicyclic) bond motifs is 1. The van der Waals surface area contributed by atoms with Crippen LogP contribution in [-0.4, -0.2) is 28.7 Å². The van der Waals surface area contributed by atoms with Crippen molar-refractivity contribution < 1.29 is 4.79 Å². The van der Waals surface area contributed by atoms with Gasteiger partial charge in [0.25, 0.3) is 0 Å². The Morgan fingerprint density at radius 3 is 2.94 bits per heavy atom. The largest absolute Gasteiger partial charge is 0.361 e. The van der Waals surface area contributed by atoms with Crippen molar-refractivity contribution >= 4 is 28.4 Å². The first kappa shape index (κ1) is 11.0. The summed E-state index contributed by atoms with van der Waals surface area (Å²) in [6.07, 6.45) is 1.93. The summed E-state index contributed by atoms with van der Waals surface area (Å²) >= 11 is 5.51. The minimum atomic E-state index is -0.0630. The van der Waals surface area contributed by atoms with Crippen LogP contribution in [0.2, 0.25) is 0 Å². The molecule has 3 nitrogen and oxygen atoms in total. The predicted octanol–water partition coefficient (Wildman–Crippen LogP) is 2.37. The van der Waals surface area contributed by atoms with Gasteiger partial charge in [-0.05, 0) is 11.6 Å². The van der Waals surface area contributed by atoms with Crippen molar-refractivity contribution in [3.63, 3.8) is 0 Å². The van der Waals surface area contributed by atoms with Gasteiger partial charge in [-0.2, -0.15) is 0 Å². The van der Waals surface area contributed by atoms with E-state index in [9.17, 15) is 4.79 Å². The van der Waals surface area contributed by atoms with Crippen LogP contribution in [0, 0.1) is 0 Å². The fraction of sp³-hybridized carbons (Fsp3) is 0.250. The summed E-state index contributed by atoms with van der Waals surface area (Å²) in [5.41, 5.74) is 2.20. The molecule has 84 valence electrons. The van der Waals surface area contributed by atoms with Gasteiger partial charge in [-0.3, -0.25) is 4.79 Å². The molecule has 4 heteroatoms. The Hall–Kier alpha value is -1.48. The van der Waals surface area contributed by atoms with Crippen LogP contribution < -0.4 is 0 Å². The lowest BCUT2D eigenvalue weighted by Crippen LogP contribution is -2.26. The number of hydrogen-bond donors (Lipinski definition) is 1. The number of carbonyl (C=O) groups is 1. The van der Waals surface area contributed by atoms with E-state index in [0.29, 0.717) is 6.54 Å². The molecule has 0 unspecified atom stereocenters. The number of rotatable bonds is 3. The molecule has 0 saturated heterocycles. The summed E-state index contributed by atoms with van der Waals surface area (Å²) < 4.78 is 0. The number of nitrogens with one attached hydrogen (secondary N) is 1. The van der Waals surface area contributed by atoms with Gasteiger partial charge in [-0.1, -0.05) is 18.2 Å². The highest BCUT2D eigenvalue weighted by Gasteiger charge is 2.10. The van der Waals surface area contributed by atoms with Gasteiger partial charge in [0, 0.05) is 30.7 Å². The molecule has 0 aliphatic rings. The van der Waals surface area contributed by atoms with Crippen LogP contribution in [0.4, 0.5) is 0 Å². The van der Waals surface area contributed by atoms with Gasteiger partial charge in [0.15, 0.2) is 0 Å². The van der Waals surface area contributed by atoms with Gasteiger partial charge in [-0.25, -0.2) is 0 Å². The maximum Gasteiger partial charge on any atom is 0.237 e. The maximum atomic E-state index is 11.4. The highest BCUT2D eigenvalue weighted by atomic mass is 35.5. The van der Waals surface area contributed by atoms with Crippen molar-refractivity contribution in [3.05, 3.63) is 36.0 Å². The molecule has 0 aliphatic heterocycles. The van der Waals surface area contributed by atoms with Crippen molar-refractivity contribution in [1.29, 1.82) is 0 Å². The molecule has 1 aromatic carbocycles. The molecule has 0 spiro atoms. The Morgan fingerprint density at radius 2 is 2.19 bits per heavy atom. The fourth-order valence-corrected chi connectivity index (χ4v) is 1.91. The fourth-order valence-electron chi connectivity index (χ4n) is 1.71. The van der Waals surface area contributed by atoms with Crippen molar-refractivity contribution in [1.82, 2.24) is 9.88 Å². The van der Waals surface area contributed by atoms with Crippen molar-refractivity contribution in [2.24, 2.45) is 0 Å². The number of hydrogen-bond acceptors (Lipinski definition) is 1. The minimum absolute atomic E-state index is 0.0266. The highest BCUT2D eigenvalue weighted by Crippen LogP contribution is 2.18. The Kier molecular flexibility index (Phi) is 3.15. The lowest BCUT2D eigenvalue weighted by Gasteiger charge is -2.14. The quantitative estimate of drug-likeness (QED) is 0.816. The van der Waals surface area contributed by atoms with E-state index in [0.717, 1.165) is 16.5 Å². The minimum Gasteiger partial charge on any atom is -0.361 e. The van der Waals surface area contributed by atoms with Crippen LogP contribution in [0.5, 0.6) is 0 Å². The zero-order valence-electron chi connectivity index (χ0n) is 9.03. The van der Waals surface area contributed by atoms with Crippen molar-refractivity contribution in [3.8, 4) is 0 Å². The SMILES string of the molecule is CN(Cc1c[nH]c2ccccc12)C(=O)CCl. The zero-order chi connectivity index (χ0) is 11.5. The first-order valence-corrected chi connectivity index (χ1v) is 5.60. The third-order valence-electron chi connectivity index (χ3n) is 2.62. The summed E-state index contributed by atoms with van der Waals surface area (Å²) in [5, 5.41) is 1.15.